The molecule has 1 aromatic heterocycles. The number of hydrogen-bond donors (Lipinski definition) is 1. The van der Waals surface area contributed by atoms with Crippen molar-refractivity contribution in [3.05, 3.63) is 28.8 Å². The zero-order chi connectivity index (χ0) is 21.7. The van der Waals surface area contributed by atoms with E-state index in [4.69, 9.17) is 18.9 Å². The van der Waals surface area contributed by atoms with Gasteiger partial charge in [0.05, 0.1) is 45.7 Å². The molecule has 8 nitrogen and oxygen atoms in total. The molecule has 1 N–H and O–H groups in total. The number of aromatic nitrogens is 1. The number of amides is 1. The molecule has 1 aliphatic heterocycles. The Morgan fingerprint density at radius 2 is 1.80 bits per heavy atom. The van der Waals surface area contributed by atoms with Crippen LogP contribution in [0, 0.1) is 0 Å². The third-order valence-electron chi connectivity index (χ3n) is 4.77. The van der Waals surface area contributed by atoms with Crippen LogP contribution in [-0.2, 0) is 22.5 Å². The number of rotatable bonds is 8. The lowest BCUT2D eigenvalue weighted by molar-refractivity contribution is -0.115. The van der Waals surface area contributed by atoms with Gasteiger partial charge in [-0.25, -0.2) is 4.98 Å². The first-order valence-electron chi connectivity index (χ1n) is 9.82. The number of nitrogens with one attached hydrogen (secondary N) is 1. The van der Waals surface area contributed by atoms with E-state index in [1.807, 2.05) is 5.38 Å². The van der Waals surface area contributed by atoms with Crippen LogP contribution in [0.25, 0.3) is 0 Å². The Hall–Kier alpha value is -2.36. The summed E-state index contributed by atoms with van der Waals surface area (Å²) in [6, 6.07) is 3.55. The molecule has 2 atom stereocenters. The van der Waals surface area contributed by atoms with E-state index in [1.165, 1.54) is 11.3 Å². The van der Waals surface area contributed by atoms with Crippen LogP contribution in [0.15, 0.2) is 17.5 Å². The van der Waals surface area contributed by atoms with Crippen molar-refractivity contribution in [3.63, 3.8) is 0 Å². The van der Waals surface area contributed by atoms with Gasteiger partial charge in [0.25, 0.3) is 0 Å². The molecule has 9 heteroatoms. The van der Waals surface area contributed by atoms with Crippen molar-refractivity contribution in [1.82, 2.24) is 9.88 Å². The highest BCUT2D eigenvalue weighted by molar-refractivity contribution is 7.13. The van der Waals surface area contributed by atoms with Crippen LogP contribution in [-0.4, -0.2) is 62.4 Å². The Labute approximate surface area is 181 Å². The van der Waals surface area contributed by atoms with E-state index in [2.05, 4.69) is 29.0 Å². The Morgan fingerprint density at radius 1 is 1.17 bits per heavy atom. The molecule has 164 valence electrons. The van der Waals surface area contributed by atoms with Crippen molar-refractivity contribution in [1.29, 1.82) is 0 Å². The van der Waals surface area contributed by atoms with Crippen molar-refractivity contribution >= 4 is 22.4 Å². The molecule has 1 amide bonds. The second-order valence-corrected chi connectivity index (χ2v) is 8.21. The summed E-state index contributed by atoms with van der Waals surface area (Å²) in [7, 11) is 4.65. The molecule has 1 fully saturated rings. The fourth-order valence-electron chi connectivity index (χ4n) is 3.67. The molecule has 1 aliphatic rings. The molecule has 2 heterocycles. The van der Waals surface area contributed by atoms with Gasteiger partial charge in [0.15, 0.2) is 16.6 Å². The maximum absolute atomic E-state index is 12.5. The Balaban J connectivity index is 1.61. The lowest BCUT2D eigenvalue weighted by Crippen LogP contribution is -2.44. The molecular weight excluding hydrogens is 406 g/mol. The summed E-state index contributed by atoms with van der Waals surface area (Å²) in [5.41, 5.74) is 1.71. The van der Waals surface area contributed by atoms with Gasteiger partial charge in [0, 0.05) is 25.0 Å². The van der Waals surface area contributed by atoms with Gasteiger partial charge in [-0.1, -0.05) is 0 Å². The third-order valence-corrected chi connectivity index (χ3v) is 5.57. The minimum atomic E-state index is -0.154. The largest absolute Gasteiger partial charge is 0.493 e. The van der Waals surface area contributed by atoms with Gasteiger partial charge in [-0.3, -0.25) is 9.69 Å². The highest BCUT2D eigenvalue weighted by Gasteiger charge is 2.23. The number of thiazole rings is 1. The van der Waals surface area contributed by atoms with Crippen LogP contribution in [0.2, 0.25) is 0 Å². The van der Waals surface area contributed by atoms with Gasteiger partial charge in [-0.05, 0) is 31.5 Å². The van der Waals surface area contributed by atoms with Crippen LogP contribution in [0.1, 0.15) is 25.1 Å². The van der Waals surface area contributed by atoms with Crippen molar-refractivity contribution < 1.29 is 23.7 Å². The van der Waals surface area contributed by atoms with Crippen molar-refractivity contribution in [2.45, 2.75) is 39.0 Å². The van der Waals surface area contributed by atoms with E-state index in [-0.39, 0.29) is 24.5 Å². The van der Waals surface area contributed by atoms with E-state index in [0.29, 0.717) is 22.4 Å². The lowest BCUT2D eigenvalue weighted by Gasteiger charge is -2.34. The summed E-state index contributed by atoms with van der Waals surface area (Å²) in [6.07, 6.45) is 0.597. The summed E-state index contributed by atoms with van der Waals surface area (Å²) in [4.78, 5) is 19.4. The molecule has 0 spiro atoms. The van der Waals surface area contributed by atoms with Crippen molar-refractivity contribution in [2.24, 2.45) is 0 Å². The molecule has 0 radical (unpaired) electrons. The SMILES string of the molecule is COc1cc(CC(=O)Nc2nc(CN3C[C@@H](C)O[C@@H](C)C3)cs2)cc(OC)c1OC. The van der Waals surface area contributed by atoms with Crippen LogP contribution < -0.4 is 19.5 Å². The number of morpholine rings is 1. The van der Waals surface area contributed by atoms with Gasteiger partial charge >= 0.3 is 0 Å². The lowest BCUT2D eigenvalue weighted by atomic mass is 10.1. The Morgan fingerprint density at radius 3 is 2.37 bits per heavy atom. The molecule has 0 unspecified atom stereocenters. The van der Waals surface area contributed by atoms with Crippen LogP contribution in [0.3, 0.4) is 0 Å². The molecule has 1 aromatic carbocycles. The molecule has 2 aromatic rings. The zero-order valence-corrected chi connectivity index (χ0v) is 18.9. The van der Waals surface area contributed by atoms with Gasteiger partial charge in [0.1, 0.15) is 0 Å². The average Bonchev–Trinajstić information content (AvgIpc) is 3.12. The highest BCUT2D eigenvalue weighted by Crippen LogP contribution is 2.38. The highest BCUT2D eigenvalue weighted by atomic mass is 32.1. The fraction of sp³-hybridized carbons (Fsp3) is 0.524. The topological polar surface area (TPSA) is 82.2 Å². The molecule has 1 saturated heterocycles. The summed E-state index contributed by atoms with van der Waals surface area (Å²) in [5.74, 6) is 1.38. The second kappa shape index (κ2) is 10.1. The average molecular weight is 436 g/mol. The van der Waals surface area contributed by atoms with Crippen LogP contribution >= 0.6 is 11.3 Å². The van der Waals surface area contributed by atoms with E-state index >= 15 is 0 Å². The number of methoxy groups -OCH3 is 3. The van der Waals surface area contributed by atoms with E-state index in [1.54, 1.807) is 33.5 Å². The maximum Gasteiger partial charge on any atom is 0.230 e. The van der Waals surface area contributed by atoms with Crippen LogP contribution in [0.4, 0.5) is 5.13 Å². The van der Waals surface area contributed by atoms with Crippen molar-refractivity contribution in [2.75, 3.05) is 39.7 Å². The van der Waals surface area contributed by atoms with E-state index in [0.717, 1.165) is 30.9 Å². The Bertz CT molecular complexity index is 837. The standard InChI is InChI=1S/C21H29N3O5S/c1-13-9-24(10-14(2)29-13)11-16-12-30-21(22-16)23-19(25)8-15-6-17(26-3)20(28-5)18(7-15)27-4/h6-7,12-14H,8-11H2,1-5H3,(H,22,23,25)/t13-,14+. The summed E-state index contributed by atoms with van der Waals surface area (Å²) in [6.45, 7) is 6.67. The minimum Gasteiger partial charge on any atom is -0.493 e. The fourth-order valence-corrected chi connectivity index (χ4v) is 4.38. The number of nitrogens with zero attached hydrogens (tertiary/aromatic N) is 2. The van der Waals surface area contributed by atoms with Gasteiger partial charge in [0.2, 0.25) is 11.7 Å². The summed E-state index contributed by atoms with van der Waals surface area (Å²) in [5, 5.41) is 5.46. The number of benzene rings is 1. The molecule has 0 aliphatic carbocycles. The number of carbonyl (C=O) groups excluding carboxylic acids is 1. The minimum absolute atomic E-state index is 0.154. The predicted octanol–water partition coefficient (Wildman–Crippen LogP) is 2.96. The number of ether oxygens (including phenoxy) is 4. The first kappa shape index (κ1) is 22.3. The summed E-state index contributed by atoms with van der Waals surface area (Å²) < 4.78 is 21.8. The second-order valence-electron chi connectivity index (χ2n) is 7.35. The number of anilines is 1. The molecule has 3 rings (SSSR count). The van der Waals surface area contributed by atoms with Gasteiger partial charge in [-0.15, -0.1) is 11.3 Å². The first-order chi connectivity index (χ1) is 14.4. The van der Waals surface area contributed by atoms with E-state index < -0.39 is 0 Å². The monoisotopic (exact) mass is 435 g/mol. The smallest absolute Gasteiger partial charge is 0.230 e. The molecule has 30 heavy (non-hydrogen) atoms. The van der Waals surface area contributed by atoms with Gasteiger partial charge in [-0.2, -0.15) is 0 Å². The number of hydrogen-bond acceptors (Lipinski definition) is 8. The predicted molar refractivity (Wildman–Crippen MR) is 116 cm³/mol. The normalized spacial score (nSPS) is 19.4. The molecule has 0 saturated carbocycles. The first-order valence-corrected chi connectivity index (χ1v) is 10.7. The van der Waals surface area contributed by atoms with Crippen LogP contribution in [0.5, 0.6) is 17.2 Å². The molecule has 0 bridgehead atoms. The zero-order valence-electron chi connectivity index (χ0n) is 18.1. The third kappa shape index (κ3) is 5.62. The van der Waals surface area contributed by atoms with Gasteiger partial charge < -0.3 is 24.3 Å². The maximum atomic E-state index is 12.5. The Kier molecular flexibility index (Phi) is 7.52. The van der Waals surface area contributed by atoms with Crippen molar-refractivity contribution in [3.8, 4) is 17.2 Å². The summed E-state index contributed by atoms with van der Waals surface area (Å²) >= 11 is 1.43. The number of carbonyl (C=O) groups is 1. The molecular formula is C21H29N3O5S. The van der Waals surface area contributed by atoms with E-state index in [9.17, 15) is 4.79 Å². The quantitative estimate of drug-likeness (QED) is 0.683.